The van der Waals surface area contributed by atoms with Crippen LogP contribution in [0.3, 0.4) is 0 Å². The Labute approximate surface area is 229 Å². The van der Waals surface area contributed by atoms with Crippen molar-refractivity contribution < 1.29 is 9.59 Å². The molecule has 2 aliphatic rings. The van der Waals surface area contributed by atoms with Gasteiger partial charge in [0.1, 0.15) is 11.4 Å². The van der Waals surface area contributed by atoms with Gasteiger partial charge in [0.2, 0.25) is 0 Å². The minimum atomic E-state index is -0.217. The molecule has 1 aliphatic heterocycles. The Kier molecular flexibility index (Phi) is 7.03. The van der Waals surface area contributed by atoms with Gasteiger partial charge in [0, 0.05) is 53.1 Å². The van der Waals surface area contributed by atoms with Gasteiger partial charge in [-0.15, -0.1) is 0 Å². The number of nitrogens with zero attached hydrogens (tertiary/aromatic N) is 3. The van der Waals surface area contributed by atoms with E-state index in [-0.39, 0.29) is 35.6 Å². The van der Waals surface area contributed by atoms with Crippen LogP contribution in [0.2, 0.25) is 0 Å². The lowest BCUT2D eigenvalue weighted by molar-refractivity contribution is 0.0896. The first-order valence-electron chi connectivity index (χ1n) is 11.8. The van der Waals surface area contributed by atoms with Crippen LogP contribution in [-0.4, -0.2) is 63.0 Å². The van der Waals surface area contributed by atoms with Crippen molar-refractivity contribution in [2.75, 3.05) is 25.4 Å². The zero-order chi connectivity index (χ0) is 26.3. The minimum absolute atomic E-state index is 0.0350. The van der Waals surface area contributed by atoms with Gasteiger partial charge in [-0.05, 0) is 62.2 Å². The van der Waals surface area contributed by atoms with Crippen molar-refractivity contribution in [2.45, 2.75) is 18.4 Å². The van der Waals surface area contributed by atoms with Gasteiger partial charge < -0.3 is 42.0 Å². The molecule has 3 aromatic rings. The van der Waals surface area contributed by atoms with Crippen LogP contribution in [0.15, 0.2) is 38.5 Å². The maximum Gasteiger partial charge on any atom is 0.267 e. The highest BCUT2D eigenvalue weighted by Crippen LogP contribution is 2.41. The van der Waals surface area contributed by atoms with Gasteiger partial charge in [-0.2, -0.15) is 0 Å². The van der Waals surface area contributed by atoms with Crippen molar-refractivity contribution in [3.05, 3.63) is 56.2 Å². The number of nitrogens with one attached hydrogen (secondary N) is 5. The third kappa shape index (κ3) is 5.25. The summed E-state index contributed by atoms with van der Waals surface area (Å²) in [6, 6.07) is 3.40. The summed E-state index contributed by atoms with van der Waals surface area (Å²) in [4.78, 5) is 40.9. The van der Waals surface area contributed by atoms with Gasteiger partial charge in [-0.1, -0.05) is 0 Å². The van der Waals surface area contributed by atoms with E-state index < -0.39 is 0 Å². The Morgan fingerprint density at radius 1 is 1.16 bits per heavy atom. The number of nitrogen functional groups attached to an aromatic ring is 1. The summed E-state index contributed by atoms with van der Waals surface area (Å²) in [6.45, 7) is 1.24. The van der Waals surface area contributed by atoms with E-state index in [9.17, 15) is 9.59 Å². The number of aromatic amines is 2. The van der Waals surface area contributed by atoms with Gasteiger partial charge in [-0.3, -0.25) is 14.6 Å². The number of aryl methyl sites for hydroxylation is 1. The van der Waals surface area contributed by atoms with E-state index in [1.807, 2.05) is 13.2 Å². The smallest absolute Gasteiger partial charge is 0.267 e. The SMILES string of the molecule is Cn1cc(Br)cc1C(=O)NC[C@H]1Cc2nc(N)[nH]c2[C@@H](C2CN=C(N)N2)[C@@H]1CNC(=O)c1cc(Br)c[nH]1. The standard InChI is InChI=1S/C23H28Br2N10O2/c1-35-9-12(25)4-17(35)21(37)29-5-10-2-14-19(34-23(27)32-14)18(16-8-31-22(26)33-16)13(10)7-30-20(36)15-3-11(24)6-28-15/h3-4,6,9-10,13,16,18,28H,2,5,7-8H2,1H3,(H,29,37)(H,30,36)(H3,26,31,33)(H3,27,32,34)/t10-,13-,16?,18-/m1/s1. The van der Waals surface area contributed by atoms with Crippen molar-refractivity contribution in [3.63, 3.8) is 0 Å². The molecule has 0 aromatic carbocycles. The first-order valence-corrected chi connectivity index (χ1v) is 13.4. The second kappa shape index (κ2) is 10.2. The molecule has 9 N–H and O–H groups in total. The van der Waals surface area contributed by atoms with Crippen LogP contribution < -0.4 is 27.4 Å². The number of aromatic nitrogens is 4. The number of halogens is 2. The molecule has 0 saturated heterocycles. The second-order valence-corrected chi connectivity index (χ2v) is 11.3. The Morgan fingerprint density at radius 3 is 2.59 bits per heavy atom. The molecule has 2 amide bonds. The fourth-order valence-corrected chi connectivity index (χ4v) is 6.22. The quantitative estimate of drug-likeness (QED) is 0.205. The molecule has 0 spiro atoms. The molecule has 3 aromatic heterocycles. The van der Waals surface area contributed by atoms with E-state index in [0.717, 1.165) is 20.3 Å². The first kappa shape index (κ1) is 25.4. The predicted octanol–water partition coefficient (Wildman–Crippen LogP) is 1.20. The molecule has 5 rings (SSSR count). The number of carbonyl (C=O) groups is 2. The summed E-state index contributed by atoms with van der Waals surface area (Å²) >= 11 is 6.78. The van der Waals surface area contributed by atoms with Crippen LogP contribution in [0, 0.1) is 11.8 Å². The number of imidazole rings is 1. The lowest BCUT2D eigenvalue weighted by atomic mass is 9.69. The number of anilines is 1. The van der Waals surface area contributed by atoms with Crippen LogP contribution in [0.1, 0.15) is 38.3 Å². The number of nitrogens with two attached hydrogens (primary N) is 2. The summed E-state index contributed by atoms with van der Waals surface area (Å²) in [7, 11) is 1.82. The zero-order valence-corrected chi connectivity index (χ0v) is 23.2. The molecular formula is C23H28Br2N10O2. The summed E-state index contributed by atoms with van der Waals surface area (Å²) in [5.41, 5.74) is 14.8. The monoisotopic (exact) mass is 634 g/mol. The fraction of sp³-hybridized carbons (Fsp3) is 0.391. The van der Waals surface area contributed by atoms with Gasteiger partial charge in [0.25, 0.3) is 11.8 Å². The normalized spacial score (nSPS) is 22.7. The minimum Gasteiger partial charge on any atom is -0.370 e. The molecule has 37 heavy (non-hydrogen) atoms. The van der Waals surface area contributed by atoms with E-state index in [4.69, 9.17) is 11.5 Å². The Hall–Kier alpha value is -3.26. The molecule has 12 nitrogen and oxygen atoms in total. The van der Waals surface area contributed by atoms with Crippen LogP contribution in [0.5, 0.6) is 0 Å². The van der Waals surface area contributed by atoms with Crippen LogP contribution >= 0.6 is 31.9 Å². The molecule has 4 atom stereocenters. The number of aliphatic imine (C=N–C) groups is 1. The van der Waals surface area contributed by atoms with Crippen LogP contribution in [0.25, 0.3) is 0 Å². The lowest BCUT2D eigenvalue weighted by Crippen LogP contribution is -2.50. The topological polar surface area (TPSA) is 184 Å². The summed E-state index contributed by atoms with van der Waals surface area (Å²) in [5.74, 6) is 0.0803. The molecule has 196 valence electrons. The number of hydrogen-bond donors (Lipinski definition) is 7. The van der Waals surface area contributed by atoms with E-state index >= 15 is 0 Å². The maximum atomic E-state index is 13.0. The van der Waals surface area contributed by atoms with E-state index in [1.165, 1.54) is 0 Å². The number of H-pyrrole nitrogens is 2. The molecule has 14 heteroatoms. The van der Waals surface area contributed by atoms with Gasteiger partial charge in [0.05, 0.1) is 18.3 Å². The Bertz CT molecular complexity index is 1360. The molecule has 0 fully saturated rings. The largest absolute Gasteiger partial charge is 0.370 e. The van der Waals surface area contributed by atoms with Crippen molar-refractivity contribution in [1.29, 1.82) is 0 Å². The predicted molar refractivity (Wildman–Crippen MR) is 146 cm³/mol. The average molecular weight is 636 g/mol. The van der Waals surface area contributed by atoms with E-state index in [2.05, 4.69) is 67.8 Å². The third-order valence-electron chi connectivity index (χ3n) is 7.03. The van der Waals surface area contributed by atoms with Crippen LogP contribution in [-0.2, 0) is 13.5 Å². The number of amides is 2. The molecular weight excluding hydrogens is 608 g/mol. The lowest BCUT2D eigenvalue weighted by Gasteiger charge is -2.40. The summed E-state index contributed by atoms with van der Waals surface area (Å²) < 4.78 is 3.39. The molecule has 4 heterocycles. The third-order valence-corrected chi connectivity index (χ3v) is 7.92. The second-order valence-electron chi connectivity index (χ2n) is 9.42. The van der Waals surface area contributed by atoms with Crippen LogP contribution in [0.4, 0.5) is 5.95 Å². The number of carbonyl (C=O) groups excluding carboxylic acids is 2. The first-order chi connectivity index (χ1) is 17.7. The number of fused-ring (bicyclic) bond motifs is 1. The van der Waals surface area contributed by atoms with E-state index in [0.29, 0.717) is 49.4 Å². The molecule has 0 radical (unpaired) electrons. The van der Waals surface area contributed by atoms with Gasteiger partial charge in [0.15, 0.2) is 11.9 Å². The van der Waals surface area contributed by atoms with Gasteiger partial charge in [-0.25, -0.2) is 4.98 Å². The van der Waals surface area contributed by atoms with Gasteiger partial charge >= 0.3 is 0 Å². The summed E-state index contributed by atoms with van der Waals surface area (Å²) in [6.07, 6.45) is 4.13. The molecule has 1 unspecified atom stereocenters. The zero-order valence-electron chi connectivity index (χ0n) is 20.0. The molecule has 0 bridgehead atoms. The Balaban J connectivity index is 1.41. The number of hydrogen-bond acceptors (Lipinski definition) is 7. The van der Waals surface area contributed by atoms with Crippen molar-refractivity contribution in [3.8, 4) is 0 Å². The number of rotatable bonds is 7. The van der Waals surface area contributed by atoms with Crippen molar-refractivity contribution >= 4 is 55.6 Å². The molecule has 0 saturated carbocycles. The highest BCUT2D eigenvalue weighted by Gasteiger charge is 2.44. The van der Waals surface area contributed by atoms with Crippen molar-refractivity contribution in [2.24, 2.45) is 29.6 Å². The van der Waals surface area contributed by atoms with Crippen molar-refractivity contribution in [1.82, 2.24) is 35.5 Å². The fourth-order valence-electron chi connectivity index (χ4n) is 5.35. The highest BCUT2D eigenvalue weighted by atomic mass is 79.9. The van der Waals surface area contributed by atoms with E-state index in [1.54, 1.807) is 22.9 Å². The average Bonchev–Trinajstić information content (AvgIpc) is 3.62. The summed E-state index contributed by atoms with van der Waals surface area (Å²) in [5, 5.41) is 9.42. The Morgan fingerprint density at radius 2 is 1.95 bits per heavy atom. The molecule has 1 aliphatic carbocycles. The maximum absolute atomic E-state index is 13.0. The number of guanidine groups is 1. The highest BCUT2D eigenvalue weighted by molar-refractivity contribution is 9.10.